The molecule has 1 aliphatic rings. The van der Waals surface area contributed by atoms with Crippen LogP contribution in [-0.4, -0.2) is 20.7 Å². The van der Waals surface area contributed by atoms with Crippen LogP contribution in [-0.2, 0) is 11.8 Å². The molecule has 2 aromatic rings. The molecule has 2 atom stereocenters. The van der Waals surface area contributed by atoms with Crippen molar-refractivity contribution in [1.82, 2.24) is 14.8 Å². The first-order valence-corrected chi connectivity index (χ1v) is 7.62. The van der Waals surface area contributed by atoms with Crippen molar-refractivity contribution in [2.75, 3.05) is 5.32 Å². The van der Waals surface area contributed by atoms with Gasteiger partial charge in [-0.3, -0.25) is 9.48 Å². The van der Waals surface area contributed by atoms with Crippen LogP contribution in [0.1, 0.15) is 37.9 Å². The topological polar surface area (TPSA) is 85.8 Å². The SMILES string of the molecule is CC1CCCC(N)c2cccc(n2)-c2c(cnn2C)NC1=O. The van der Waals surface area contributed by atoms with Gasteiger partial charge >= 0.3 is 0 Å². The summed E-state index contributed by atoms with van der Waals surface area (Å²) in [5, 5.41) is 7.23. The molecular weight excluding hydrogens is 278 g/mol. The molecule has 3 rings (SSSR count). The van der Waals surface area contributed by atoms with E-state index in [1.54, 1.807) is 10.9 Å². The summed E-state index contributed by atoms with van der Waals surface area (Å²) >= 11 is 0. The Bertz CT molecular complexity index is 694. The molecule has 116 valence electrons. The van der Waals surface area contributed by atoms with E-state index in [-0.39, 0.29) is 17.9 Å². The number of pyridine rings is 1. The Labute approximate surface area is 129 Å². The van der Waals surface area contributed by atoms with Gasteiger partial charge in [0.05, 0.1) is 23.3 Å². The number of hydrogen-bond acceptors (Lipinski definition) is 4. The van der Waals surface area contributed by atoms with Gasteiger partial charge in [-0.25, -0.2) is 4.98 Å². The highest BCUT2D eigenvalue weighted by molar-refractivity contribution is 5.95. The molecule has 2 aromatic heterocycles. The Kier molecular flexibility index (Phi) is 3.94. The van der Waals surface area contributed by atoms with Gasteiger partial charge in [0, 0.05) is 19.0 Å². The highest BCUT2D eigenvalue weighted by Gasteiger charge is 2.20. The van der Waals surface area contributed by atoms with Crippen molar-refractivity contribution >= 4 is 11.6 Å². The molecular formula is C16H21N5O. The third-order valence-corrected chi connectivity index (χ3v) is 4.19. The Morgan fingerprint density at radius 1 is 1.36 bits per heavy atom. The second-order valence-electron chi connectivity index (χ2n) is 5.91. The minimum absolute atomic E-state index is 0.0135. The number of nitrogens with zero attached hydrogens (tertiary/aromatic N) is 3. The average Bonchev–Trinajstić information content (AvgIpc) is 2.87. The molecule has 0 spiro atoms. The highest BCUT2D eigenvalue weighted by Crippen LogP contribution is 2.29. The number of anilines is 1. The Morgan fingerprint density at radius 2 is 2.18 bits per heavy atom. The zero-order chi connectivity index (χ0) is 15.7. The minimum Gasteiger partial charge on any atom is -0.323 e. The molecule has 0 radical (unpaired) electrons. The molecule has 0 fully saturated rings. The summed E-state index contributed by atoms with van der Waals surface area (Å²) in [7, 11) is 1.84. The molecule has 6 heteroatoms. The molecule has 6 nitrogen and oxygen atoms in total. The van der Waals surface area contributed by atoms with Gasteiger partial charge in [0.2, 0.25) is 5.91 Å². The van der Waals surface area contributed by atoms with Crippen molar-refractivity contribution in [2.45, 2.75) is 32.2 Å². The van der Waals surface area contributed by atoms with Gasteiger partial charge in [-0.1, -0.05) is 19.4 Å². The van der Waals surface area contributed by atoms with Crippen molar-refractivity contribution in [3.63, 3.8) is 0 Å². The summed E-state index contributed by atoms with van der Waals surface area (Å²) in [6.45, 7) is 1.94. The van der Waals surface area contributed by atoms with Crippen LogP contribution >= 0.6 is 0 Å². The number of hydrogen-bond donors (Lipinski definition) is 2. The second-order valence-corrected chi connectivity index (χ2v) is 5.91. The second kappa shape index (κ2) is 5.88. The lowest BCUT2D eigenvalue weighted by molar-refractivity contribution is -0.119. The molecule has 0 saturated carbocycles. The van der Waals surface area contributed by atoms with Crippen LogP contribution in [0.3, 0.4) is 0 Å². The molecule has 0 aliphatic carbocycles. The Balaban J connectivity index is 2.10. The van der Waals surface area contributed by atoms with Crippen LogP contribution in [0, 0.1) is 5.92 Å². The van der Waals surface area contributed by atoms with Crippen LogP contribution < -0.4 is 11.1 Å². The maximum atomic E-state index is 12.3. The third kappa shape index (κ3) is 2.74. The first-order chi connectivity index (χ1) is 10.6. The first kappa shape index (κ1) is 14.7. The smallest absolute Gasteiger partial charge is 0.227 e. The van der Waals surface area contributed by atoms with Crippen LogP contribution in [0.15, 0.2) is 24.4 Å². The predicted molar refractivity (Wildman–Crippen MR) is 85.0 cm³/mol. The van der Waals surface area contributed by atoms with Crippen molar-refractivity contribution in [3.05, 3.63) is 30.1 Å². The molecule has 2 unspecified atom stereocenters. The third-order valence-electron chi connectivity index (χ3n) is 4.19. The molecule has 22 heavy (non-hydrogen) atoms. The average molecular weight is 299 g/mol. The Morgan fingerprint density at radius 3 is 3.00 bits per heavy atom. The maximum Gasteiger partial charge on any atom is 0.227 e. The summed E-state index contributed by atoms with van der Waals surface area (Å²) in [6.07, 6.45) is 4.21. The zero-order valence-electron chi connectivity index (χ0n) is 12.9. The van der Waals surface area contributed by atoms with Gasteiger partial charge in [0.1, 0.15) is 5.69 Å². The van der Waals surface area contributed by atoms with E-state index in [9.17, 15) is 4.79 Å². The van der Waals surface area contributed by atoms with Crippen molar-refractivity contribution in [2.24, 2.45) is 18.7 Å². The first-order valence-electron chi connectivity index (χ1n) is 7.62. The summed E-state index contributed by atoms with van der Waals surface area (Å²) in [5.74, 6) is -0.0365. The fourth-order valence-electron chi connectivity index (χ4n) is 2.80. The lowest BCUT2D eigenvalue weighted by atomic mass is 9.98. The molecule has 0 saturated heterocycles. The summed E-state index contributed by atoms with van der Waals surface area (Å²) < 4.78 is 1.73. The number of fused-ring (bicyclic) bond motifs is 4. The number of carbonyl (C=O) groups excluding carboxylic acids is 1. The van der Waals surface area contributed by atoms with E-state index < -0.39 is 0 Å². The minimum atomic E-state index is -0.105. The van der Waals surface area contributed by atoms with E-state index in [4.69, 9.17) is 5.73 Å². The van der Waals surface area contributed by atoms with Gasteiger partial charge in [-0.15, -0.1) is 0 Å². The van der Waals surface area contributed by atoms with E-state index in [0.29, 0.717) is 5.69 Å². The molecule has 3 N–H and O–H groups in total. The fraction of sp³-hybridized carbons (Fsp3) is 0.438. The predicted octanol–water partition coefficient (Wildman–Crippen LogP) is 2.24. The van der Waals surface area contributed by atoms with Gasteiger partial charge < -0.3 is 11.1 Å². The largest absolute Gasteiger partial charge is 0.323 e. The summed E-state index contributed by atoms with van der Waals surface area (Å²) in [4.78, 5) is 17.0. The molecule has 2 bridgehead atoms. The van der Waals surface area contributed by atoms with Crippen LogP contribution in [0.25, 0.3) is 11.4 Å². The van der Waals surface area contributed by atoms with E-state index in [0.717, 1.165) is 36.3 Å². The van der Waals surface area contributed by atoms with E-state index in [2.05, 4.69) is 15.4 Å². The molecule has 1 amide bonds. The van der Waals surface area contributed by atoms with Crippen LogP contribution in [0.2, 0.25) is 0 Å². The lowest BCUT2D eigenvalue weighted by Crippen LogP contribution is -2.22. The van der Waals surface area contributed by atoms with Crippen LogP contribution in [0.4, 0.5) is 5.69 Å². The number of amides is 1. The monoisotopic (exact) mass is 299 g/mol. The normalized spacial score (nSPS) is 22.2. The number of carbonyl (C=O) groups is 1. The van der Waals surface area contributed by atoms with Gasteiger partial charge in [-0.05, 0) is 25.0 Å². The molecule has 3 heterocycles. The number of nitrogens with two attached hydrogens (primary N) is 1. The number of aromatic nitrogens is 3. The number of rotatable bonds is 0. The van der Waals surface area contributed by atoms with Crippen LogP contribution in [0.5, 0.6) is 0 Å². The molecule has 1 aliphatic heterocycles. The summed E-state index contributed by atoms with van der Waals surface area (Å²) in [6, 6.07) is 5.71. The maximum absolute atomic E-state index is 12.3. The van der Waals surface area contributed by atoms with Crippen molar-refractivity contribution in [1.29, 1.82) is 0 Å². The quantitative estimate of drug-likeness (QED) is 0.781. The number of aryl methyl sites for hydroxylation is 1. The fourth-order valence-corrected chi connectivity index (χ4v) is 2.80. The van der Waals surface area contributed by atoms with Gasteiger partial charge in [0.15, 0.2) is 0 Å². The van der Waals surface area contributed by atoms with Crippen molar-refractivity contribution in [3.8, 4) is 11.4 Å². The van der Waals surface area contributed by atoms with Crippen molar-refractivity contribution < 1.29 is 4.79 Å². The molecule has 0 aromatic carbocycles. The standard InChI is InChI=1S/C16H21N5O/c1-10-5-3-6-11(17)12-7-4-8-13(19-12)15-14(20-16(10)22)9-18-21(15)2/h4,7-11H,3,5-6,17H2,1-2H3,(H,20,22). The van der Waals surface area contributed by atoms with Gasteiger partial charge in [0.25, 0.3) is 0 Å². The summed E-state index contributed by atoms with van der Waals surface area (Å²) in [5.41, 5.74) is 9.39. The lowest BCUT2D eigenvalue weighted by Gasteiger charge is -2.17. The Hall–Kier alpha value is -2.21. The van der Waals surface area contributed by atoms with E-state index >= 15 is 0 Å². The van der Waals surface area contributed by atoms with E-state index in [1.165, 1.54) is 0 Å². The zero-order valence-corrected chi connectivity index (χ0v) is 12.9. The highest BCUT2D eigenvalue weighted by atomic mass is 16.1. The van der Waals surface area contributed by atoms with Gasteiger partial charge in [-0.2, -0.15) is 5.10 Å². The van der Waals surface area contributed by atoms with E-state index in [1.807, 2.05) is 32.2 Å². The number of nitrogens with one attached hydrogen (secondary N) is 1.